The van der Waals surface area contributed by atoms with Gasteiger partial charge in [-0.2, -0.15) is 4.39 Å². The molecule has 2 heterocycles. The highest BCUT2D eigenvalue weighted by Crippen LogP contribution is 2.16. The van der Waals surface area contributed by atoms with Crippen molar-refractivity contribution in [3.8, 4) is 0 Å². The molecule has 0 bridgehead atoms. The number of nitrogens with zero attached hydrogens (tertiary/aromatic N) is 2. The van der Waals surface area contributed by atoms with Gasteiger partial charge in [-0.3, -0.25) is 4.79 Å². The van der Waals surface area contributed by atoms with E-state index in [0.29, 0.717) is 13.1 Å². The van der Waals surface area contributed by atoms with E-state index in [4.69, 9.17) is 0 Å². The van der Waals surface area contributed by atoms with Crippen molar-refractivity contribution in [3.05, 3.63) is 65.2 Å². The second kappa shape index (κ2) is 5.41. The molecule has 0 unspecified atom stereocenters. The van der Waals surface area contributed by atoms with Crippen LogP contribution in [0.2, 0.25) is 0 Å². The number of aromatic nitrogens is 1. The molecule has 4 heteroatoms. The molecule has 0 spiro atoms. The van der Waals surface area contributed by atoms with Gasteiger partial charge in [0.25, 0.3) is 5.91 Å². The lowest BCUT2D eigenvalue weighted by Crippen LogP contribution is -2.33. The Kier molecular flexibility index (Phi) is 3.46. The summed E-state index contributed by atoms with van der Waals surface area (Å²) in [5.41, 5.74) is 2.75. The number of carbonyl (C=O) groups is 1. The lowest BCUT2D eigenvalue weighted by Gasteiger charge is -2.19. The third kappa shape index (κ3) is 2.54. The summed E-state index contributed by atoms with van der Waals surface area (Å²) in [5, 5.41) is 0. The zero-order chi connectivity index (χ0) is 13.9. The van der Waals surface area contributed by atoms with Crippen LogP contribution in [0.4, 0.5) is 4.39 Å². The van der Waals surface area contributed by atoms with Gasteiger partial charge in [0.1, 0.15) is 5.69 Å². The zero-order valence-electron chi connectivity index (χ0n) is 11.1. The Morgan fingerprint density at radius 3 is 2.25 bits per heavy atom. The van der Waals surface area contributed by atoms with E-state index in [-0.39, 0.29) is 11.6 Å². The molecule has 3 nitrogen and oxygen atoms in total. The van der Waals surface area contributed by atoms with Crippen molar-refractivity contribution in [2.45, 2.75) is 12.8 Å². The van der Waals surface area contributed by atoms with Gasteiger partial charge in [0.15, 0.2) is 0 Å². The highest BCUT2D eigenvalue weighted by molar-refractivity contribution is 5.92. The van der Waals surface area contributed by atoms with Gasteiger partial charge in [0.2, 0.25) is 5.95 Å². The van der Waals surface area contributed by atoms with Crippen molar-refractivity contribution in [2.24, 2.45) is 0 Å². The van der Waals surface area contributed by atoms with E-state index in [1.165, 1.54) is 23.3 Å². The zero-order valence-corrected chi connectivity index (χ0v) is 11.1. The first-order valence-electron chi connectivity index (χ1n) is 6.72. The number of benzene rings is 1. The first-order valence-corrected chi connectivity index (χ1v) is 6.72. The Bertz CT molecular complexity index is 615. The number of rotatable bonds is 1. The lowest BCUT2D eigenvalue weighted by atomic mass is 10.0. The van der Waals surface area contributed by atoms with Gasteiger partial charge in [0.05, 0.1) is 0 Å². The molecular weight excluding hydrogens is 255 g/mol. The number of carbonyl (C=O) groups excluding carboxylic acids is 1. The van der Waals surface area contributed by atoms with Gasteiger partial charge in [0, 0.05) is 13.1 Å². The van der Waals surface area contributed by atoms with Crippen LogP contribution in [0, 0.1) is 5.95 Å². The van der Waals surface area contributed by atoms with Crippen LogP contribution in [-0.4, -0.2) is 28.9 Å². The van der Waals surface area contributed by atoms with E-state index in [1.807, 2.05) is 12.1 Å². The van der Waals surface area contributed by atoms with Crippen LogP contribution in [0.3, 0.4) is 0 Å². The van der Waals surface area contributed by atoms with Gasteiger partial charge in [-0.25, -0.2) is 4.98 Å². The molecule has 0 N–H and O–H groups in total. The van der Waals surface area contributed by atoms with Crippen molar-refractivity contribution >= 4 is 5.91 Å². The van der Waals surface area contributed by atoms with E-state index in [0.717, 1.165) is 12.8 Å². The van der Waals surface area contributed by atoms with Gasteiger partial charge in [-0.05, 0) is 36.1 Å². The van der Waals surface area contributed by atoms with Crippen LogP contribution in [0.25, 0.3) is 0 Å². The largest absolute Gasteiger partial charge is 0.337 e. The topological polar surface area (TPSA) is 33.2 Å². The minimum Gasteiger partial charge on any atom is -0.337 e. The molecular formula is C16H15FN2O. The fraction of sp³-hybridized carbons (Fsp3) is 0.250. The Labute approximate surface area is 117 Å². The van der Waals surface area contributed by atoms with Gasteiger partial charge < -0.3 is 4.90 Å². The number of fused-ring (bicyclic) bond motifs is 1. The number of hydrogen-bond donors (Lipinski definition) is 0. The number of amides is 1. The predicted octanol–water partition coefficient (Wildman–Crippen LogP) is 2.46. The third-order valence-electron chi connectivity index (χ3n) is 3.64. The van der Waals surface area contributed by atoms with Crippen LogP contribution >= 0.6 is 0 Å². The molecule has 0 saturated carbocycles. The third-order valence-corrected chi connectivity index (χ3v) is 3.64. The number of hydrogen-bond acceptors (Lipinski definition) is 2. The van der Waals surface area contributed by atoms with Crippen LogP contribution in [0.15, 0.2) is 42.5 Å². The summed E-state index contributed by atoms with van der Waals surface area (Å²) in [6.45, 7) is 1.29. The summed E-state index contributed by atoms with van der Waals surface area (Å²) in [4.78, 5) is 17.8. The molecule has 3 rings (SSSR count). The van der Waals surface area contributed by atoms with E-state index >= 15 is 0 Å². The standard InChI is InChI=1S/C16H15FN2O/c17-15-7-3-6-14(18-15)16(20)19-10-8-12-4-1-2-5-13(12)9-11-19/h1-7H,8-11H2. The highest BCUT2D eigenvalue weighted by atomic mass is 19.1. The SMILES string of the molecule is O=C(c1cccc(F)n1)N1CCc2ccccc2CC1. The fourth-order valence-electron chi connectivity index (χ4n) is 2.56. The molecule has 0 radical (unpaired) electrons. The normalized spacial score (nSPS) is 14.6. The molecule has 2 aromatic rings. The molecule has 1 aromatic heterocycles. The molecule has 0 atom stereocenters. The second-order valence-corrected chi connectivity index (χ2v) is 4.91. The fourth-order valence-corrected chi connectivity index (χ4v) is 2.56. The van der Waals surface area contributed by atoms with Gasteiger partial charge in [-0.15, -0.1) is 0 Å². The maximum atomic E-state index is 13.1. The minimum absolute atomic E-state index is 0.177. The molecule has 1 aliphatic rings. The van der Waals surface area contributed by atoms with Gasteiger partial charge in [-0.1, -0.05) is 30.3 Å². The molecule has 0 aliphatic carbocycles. The van der Waals surface area contributed by atoms with Crippen molar-refractivity contribution in [1.29, 1.82) is 0 Å². The van der Waals surface area contributed by atoms with Crippen molar-refractivity contribution in [3.63, 3.8) is 0 Å². The van der Waals surface area contributed by atoms with E-state index < -0.39 is 5.95 Å². The second-order valence-electron chi connectivity index (χ2n) is 4.91. The predicted molar refractivity (Wildman–Crippen MR) is 73.9 cm³/mol. The Hall–Kier alpha value is -2.23. The molecule has 0 fully saturated rings. The molecule has 102 valence electrons. The summed E-state index contributed by atoms with van der Waals surface area (Å²) in [5.74, 6) is -0.814. The number of halogens is 1. The molecule has 1 amide bonds. The van der Waals surface area contributed by atoms with Crippen LogP contribution in [-0.2, 0) is 12.8 Å². The monoisotopic (exact) mass is 270 g/mol. The minimum atomic E-state index is -0.617. The maximum absolute atomic E-state index is 13.1. The van der Waals surface area contributed by atoms with Crippen LogP contribution in [0.5, 0.6) is 0 Å². The quantitative estimate of drug-likeness (QED) is 0.746. The first-order chi connectivity index (χ1) is 9.74. The first kappa shape index (κ1) is 12.8. The van der Waals surface area contributed by atoms with Crippen LogP contribution in [0.1, 0.15) is 21.6 Å². The van der Waals surface area contributed by atoms with Crippen molar-refractivity contribution in [2.75, 3.05) is 13.1 Å². The van der Waals surface area contributed by atoms with Gasteiger partial charge >= 0.3 is 0 Å². The summed E-state index contributed by atoms with van der Waals surface area (Å²) in [6.07, 6.45) is 1.66. The maximum Gasteiger partial charge on any atom is 0.272 e. The van der Waals surface area contributed by atoms with E-state index in [1.54, 1.807) is 11.0 Å². The molecule has 1 aliphatic heterocycles. The summed E-state index contributed by atoms with van der Waals surface area (Å²) in [7, 11) is 0. The summed E-state index contributed by atoms with van der Waals surface area (Å²) < 4.78 is 13.1. The van der Waals surface area contributed by atoms with E-state index in [2.05, 4.69) is 17.1 Å². The van der Waals surface area contributed by atoms with Crippen LogP contribution < -0.4 is 0 Å². The average Bonchev–Trinajstić information content (AvgIpc) is 2.69. The smallest absolute Gasteiger partial charge is 0.272 e. The van der Waals surface area contributed by atoms with Crippen molar-refractivity contribution < 1.29 is 9.18 Å². The highest BCUT2D eigenvalue weighted by Gasteiger charge is 2.20. The molecule has 1 aromatic carbocycles. The summed E-state index contributed by atoms with van der Waals surface area (Å²) in [6, 6.07) is 12.6. The Balaban J connectivity index is 1.78. The van der Waals surface area contributed by atoms with E-state index in [9.17, 15) is 9.18 Å². The number of pyridine rings is 1. The Morgan fingerprint density at radius 1 is 1.00 bits per heavy atom. The Morgan fingerprint density at radius 2 is 1.65 bits per heavy atom. The molecule has 0 saturated heterocycles. The lowest BCUT2D eigenvalue weighted by molar-refractivity contribution is 0.0756. The van der Waals surface area contributed by atoms with Crippen molar-refractivity contribution in [1.82, 2.24) is 9.88 Å². The average molecular weight is 270 g/mol. The molecule has 20 heavy (non-hydrogen) atoms. The summed E-state index contributed by atoms with van der Waals surface area (Å²) >= 11 is 0.